The van der Waals surface area contributed by atoms with Gasteiger partial charge in [0, 0.05) is 18.8 Å². The molecule has 2 aromatic heterocycles. The zero-order valence-corrected chi connectivity index (χ0v) is 13.0. The minimum Gasteiger partial charge on any atom is -0.373 e. The zero-order chi connectivity index (χ0) is 14.4. The Labute approximate surface area is 128 Å². The molecule has 112 valence electrons. The molecule has 2 aromatic rings. The molecule has 0 saturated carbocycles. The minimum atomic E-state index is 0.202. The molecule has 2 fully saturated rings. The molecule has 4 heterocycles. The molecule has 1 N–H and O–H groups in total. The molecule has 0 amide bonds. The molecule has 5 nitrogen and oxygen atoms in total. The number of imidazole rings is 1. The van der Waals surface area contributed by atoms with Crippen LogP contribution >= 0.6 is 12.2 Å². The van der Waals surface area contributed by atoms with Crippen LogP contribution in [0, 0.1) is 11.7 Å². The second-order valence-corrected chi connectivity index (χ2v) is 6.56. The number of pyridine rings is 1. The van der Waals surface area contributed by atoms with Gasteiger partial charge in [0.15, 0.2) is 10.4 Å². The average Bonchev–Trinajstić information content (AvgIpc) is 3.03. The summed E-state index contributed by atoms with van der Waals surface area (Å²) >= 11 is 5.46. The highest BCUT2D eigenvalue weighted by Gasteiger charge is 2.32. The highest BCUT2D eigenvalue weighted by molar-refractivity contribution is 7.71. The highest BCUT2D eigenvalue weighted by Crippen LogP contribution is 2.24. The van der Waals surface area contributed by atoms with Crippen LogP contribution in [-0.2, 0) is 11.3 Å². The summed E-state index contributed by atoms with van der Waals surface area (Å²) in [5.41, 5.74) is 3.08. The van der Waals surface area contributed by atoms with E-state index in [4.69, 9.17) is 17.0 Å². The molecular weight excluding hydrogens is 284 g/mol. The van der Waals surface area contributed by atoms with Crippen molar-refractivity contribution in [1.29, 1.82) is 0 Å². The molecule has 0 bridgehead atoms. The highest BCUT2D eigenvalue weighted by atomic mass is 32.1. The summed E-state index contributed by atoms with van der Waals surface area (Å²) in [4.78, 5) is 10.3. The standard InChI is InChI=1S/C15H20N4OS/c1-10-5-13-14(16-6-10)19(15(21)17-13)8-12-7-18-4-2-3-11(18)9-20-12/h5-6,11-12H,2-4,7-9H2,1H3,(H,17,21). The number of hydrogen-bond donors (Lipinski definition) is 1. The van der Waals surface area contributed by atoms with E-state index in [2.05, 4.69) is 25.5 Å². The average molecular weight is 304 g/mol. The van der Waals surface area contributed by atoms with Crippen LogP contribution in [0.25, 0.3) is 11.2 Å². The van der Waals surface area contributed by atoms with Gasteiger partial charge >= 0.3 is 0 Å². The quantitative estimate of drug-likeness (QED) is 0.865. The number of hydrogen-bond acceptors (Lipinski definition) is 4. The van der Waals surface area contributed by atoms with Crippen molar-refractivity contribution in [1.82, 2.24) is 19.4 Å². The number of aromatic amines is 1. The third-order valence-electron chi connectivity index (χ3n) is 4.59. The third-order valence-corrected chi connectivity index (χ3v) is 4.92. The lowest BCUT2D eigenvalue weighted by Gasteiger charge is -2.35. The SMILES string of the molecule is Cc1cnc2c(c1)[nH]c(=S)n2CC1CN2CCCC2CO1. The fourth-order valence-electron chi connectivity index (χ4n) is 3.52. The summed E-state index contributed by atoms with van der Waals surface area (Å²) in [7, 11) is 0. The van der Waals surface area contributed by atoms with Gasteiger partial charge in [-0.15, -0.1) is 0 Å². The van der Waals surface area contributed by atoms with Crippen molar-refractivity contribution in [2.75, 3.05) is 19.7 Å². The van der Waals surface area contributed by atoms with Crippen molar-refractivity contribution in [2.45, 2.75) is 38.5 Å². The van der Waals surface area contributed by atoms with Gasteiger partial charge in [-0.3, -0.25) is 9.47 Å². The molecule has 0 aliphatic carbocycles. The summed E-state index contributed by atoms with van der Waals surface area (Å²) in [5, 5.41) is 0. The van der Waals surface area contributed by atoms with Crippen LogP contribution in [0.1, 0.15) is 18.4 Å². The molecule has 2 unspecified atom stereocenters. The molecule has 2 atom stereocenters. The van der Waals surface area contributed by atoms with Crippen molar-refractivity contribution in [3.05, 3.63) is 22.6 Å². The molecule has 4 rings (SSSR count). The van der Waals surface area contributed by atoms with Gasteiger partial charge in [-0.1, -0.05) is 0 Å². The van der Waals surface area contributed by atoms with Crippen molar-refractivity contribution < 1.29 is 4.74 Å². The first-order valence-corrected chi connectivity index (χ1v) is 8.02. The Balaban J connectivity index is 1.59. The molecule has 2 aliphatic heterocycles. The number of fused-ring (bicyclic) bond motifs is 2. The van der Waals surface area contributed by atoms with Gasteiger partial charge in [-0.2, -0.15) is 0 Å². The fraction of sp³-hybridized carbons (Fsp3) is 0.600. The number of nitrogens with zero attached hydrogens (tertiary/aromatic N) is 3. The maximum atomic E-state index is 6.04. The molecule has 0 aromatic carbocycles. The molecule has 0 spiro atoms. The maximum absolute atomic E-state index is 6.04. The topological polar surface area (TPSA) is 46.1 Å². The van der Waals surface area contributed by atoms with Gasteiger partial charge in [0.05, 0.1) is 24.8 Å². The lowest BCUT2D eigenvalue weighted by atomic mass is 10.2. The monoisotopic (exact) mass is 304 g/mol. The Bertz CT molecular complexity index is 722. The predicted molar refractivity (Wildman–Crippen MR) is 84.0 cm³/mol. The van der Waals surface area contributed by atoms with Gasteiger partial charge in [0.2, 0.25) is 0 Å². The number of aromatic nitrogens is 3. The van der Waals surface area contributed by atoms with Crippen LogP contribution in [0.3, 0.4) is 0 Å². The van der Waals surface area contributed by atoms with Crippen LogP contribution < -0.4 is 0 Å². The van der Waals surface area contributed by atoms with E-state index >= 15 is 0 Å². The van der Waals surface area contributed by atoms with Crippen LogP contribution in [0.15, 0.2) is 12.3 Å². The smallest absolute Gasteiger partial charge is 0.179 e. The van der Waals surface area contributed by atoms with Gasteiger partial charge < -0.3 is 9.72 Å². The summed E-state index contributed by atoms with van der Waals surface area (Å²) in [6.07, 6.45) is 4.67. The second-order valence-electron chi connectivity index (χ2n) is 6.17. The number of ether oxygens (including phenoxy) is 1. The number of nitrogens with one attached hydrogen (secondary N) is 1. The predicted octanol–water partition coefficient (Wildman–Crippen LogP) is 2.27. The van der Waals surface area contributed by atoms with E-state index < -0.39 is 0 Å². The number of H-pyrrole nitrogens is 1. The van der Waals surface area contributed by atoms with E-state index in [9.17, 15) is 0 Å². The Morgan fingerprint density at radius 3 is 3.33 bits per heavy atom. The molecular formula is C15H20N4OS. The summed E-state index contributed by atoms with van der Waals surface area (Å²) in [6, 6.07) is 2.73. The lowest BCUT2D eigenvalue weighted by Crippen LogP contribution is -2.47. The van der Waals surface area contributed by atoms with Crippen molar-refractivity contribution in [3.63, 3.8) is 0 Å². The second kappa shape index (κ2) is 5.19. The summed E-state index contributed by atoms with van der Waals surface area (Å²) < 4.78 is 8.85. The zero-order valence-electron chi connectivity index (χ0n) is 12.2. The Hall–Kier alpha value is -1.24. The normalized spacial score (nSPS) is 26.3. The lowest BCUT2D eigenvalue weighted by molar-refractivity contribution is -0.0549. The van der Waals surface area contributed by atoms with Gasteiger partial charge in [0.1, 0.15) is 0 Å². The Kier molecular flexibility index (Phi) is 3.32. The van der Waals surface area contributed by atoms with Gasteiger partial charge in [-0.25, -0.2) is 4.98 Å². The Morgan fingerprint density at radius 1 is 1.52 bits per heavy atom. The van der Waals surface area contributed by atoms with Gasteiger partial charge in [0.25, 0.3) is 0 Å². The van der Waals surface area contributed by atoms with E-state index in [-0.39, 0.29) is 6.10 Å². The molecule has 2 aliphatic rings. The van der Waals surface area contributed by atoms with Crippen LogP contribution in [0.2, 0.25) is 0 Å². The molecule has 0 radical (unpaired) electrons. The first-order valence-electron chi connectivity index (χ1n) is 7.61. The van der Waals surface area contributed by atoms with E-state index in [1.165, 1.54) is 19.4 Å². The molecule has 2 saturated heterocycles. The number of morpholine rings is 1. The largest absolute Gasteiger partial charge is 0.373 e. The van der Waals surface area contributed by atoms with E-state index in [1.807, 2.05) is 13.1 Å². The Morgan fingerprint density at radius 2 is 2.43 bits per heavy atom. The maximum Gasteiger partial charge on any atom is 0.179 e. The fourth-order valence-corrected chi connectivity index (χ4v) is 3.79. The minimum absolute atomic E-state index is 0.202. The van der Waals surface area contributed by atoms with Crippen molar-refractivity contribution in [2.24, 2.45) is 0 Å². The first kappa shape index (κ1) is 13.4. The van der Waals surface area contributed by atoms with Crippen LogP contribution in [-0.4, -0.2) is 51.3 Å². The van der Waals surface area contributed by atoms with E-state index in [0.717, 1.165) is 41.2 Å². The third kappa shape index (κ3) is 2.41. The van der Waals surface area contributed by atoms with Crippen LogP contribution in [0.4, 0.5) is 0 Å². The molecule has 21 heavy (non-hydrogen) atoms. The van der Waals surface area contributed by atoms with E-state index in [0.29, 0.717) is 6.04 Å². The van der Waals surface area contributed by atoms with Crippen molar-refractivity contribution >= 4 is 23.4 Å². The van der Waals surface area contributed by atoms with E-state index in [1.54, 1.807) is 0 Å². The molecule has 6 heteroatoms. The van der Waals surface area contributed by atoms with Gasteiger partial charge in [-0.05, 0) is 50.2 Å². The summed E-state index contributed by atoms with van der Waals surface area (Å²) in [6.45, 7) is 5.88. The van der Waals surface area contributed by atoms with Crippen molar-refractivity contribution in [3.8, 4) is 0 Å². The number of rotatable bonds is 2. The number of aryl methyl sites for hydroxylation is 1. The van der Waals surface area contributed by atoms with Crippen LogP contribution in [0.5, 0.6) is 0 Å². The summed E-state index contributed by atoms with van der Waals surface area (Å²) in [5.74, 6) is 0. The first-order chi connectivity index (χ1) is 10.2.